The highest BCUT2D eigenvalue weighted by Gasteiger charge is 2.51. The molecule has 6 nitrogen and oxygen atoms in total. The molecule has 0 bridgehead atoms. The Morgan fingerprint density at radius 2 is 1.33 bits per heavy atom. The van der Waals surface area contributed by atoms with Gasteiger partial charge >= 0.3 is 0 Å². The lowest BCUT2D eigenvalue weighted by Crippen LogP contribution is -2.63. The first-order chi connectivity index (χ1) is 17.8. The number of hydrogen-bond donors (Lipinski definition) is 0. The summed E-state index contributed by atoms with van der Waals surface area (Å²) >= 11 is 0. The van der Waals surface area contributed by atoms with Crippen molar-refractivity contribution in [3.63, 3.8) is 0 Å². The molecule has 5 rings (SSSR count). The number of rotatable bonds is 10. The van der Waals surface area contributed by atoms with Gasteiger partial charge in [-0.3, -0.25) is 0 Å². The maximum Gasteiger partial charge on any atom is 0.187 e. The molecular weight excluding hydrogens is 456 g/mol. The Bertz CT molecular complexity index is 1060. The van der Waals surface area contributed by atoms with Gasteiger partial charge in [0.15, 0.2) is 12.6 Å². The minimum Gasteiger partial charge on any atom is -0.368 e. The lowest BCUT2D eigenvalue weighted by Gasteiger charge is -2.48. The summed E-state index contributed by atoms with van der Waals surface area (Å²) < 4.78 is 37.9. The van der Waals surface area contributed by atoms with Gasteiger partial charge in [-0.2, -0.15) is 0 Å². The zero-order valence-corrected chi connectivity index (χ0v) is 20.2. The SMILES string of the molecule is C=CCO[C@@H]1[C@@H](OCc2ccccc2)[C@H](OCc2ccccc2)O[C@@H]2COC(c3ccccc3)O[C@@H]12. The van der Waals surface area contributed by atoms with Crippen LogP contribution in [0.5, 0.6) is 0 Å². The van der Waals surface area contributed by atoms with Crippen molar-refractivity contribution in [2.24, 2.45) is 0 Å². The van der Waals surface area contributed by atoms with Gasteiger partial charge in [-0.05, 0) is 11.1 Å². The van der Waals surface area contributed by atoms with E-state index in [9.17, 15) is 0 Å². The second-order valence-electron chi connectivity index (χ2n) is 8.86. The van der Waals surface area contributed by atoms with Crippen molar-refractivity contribution in [3.05, 3.63) is 120 Å². The van der Waals surface area contributed by atoms with Gasteiger partial charge in [0.2, 0.25) is 0 Å². The Hall–Kier alpha value is -2.84. The van der Waals surface area contributed by atoms with Gasteiger partial charge in [-0.25, -0.2) is 0 Å². The molecule has 6 heteroatoms. The second-order valence-corrected chi connectivity index (χ2v) is 8.86. The van der Waals surface area contributed by atoms with Gasteiger partial charge < -0.3 is 28.4 Å². The third kappa shape index (κ3) is 6.10. The average molecular weight is 489 g/mol. The van der Waals surface area contributed by atoms with Crippen LogP contribution in [0.3, 0.4) is 0 Å². The predicted molar refractivity (Wildman–Crippen MR) is 135 cm³/mol. The normalized spacial score (nSPS) is 27.8. The molecule has 0 aliphatic carbocycles. The standard InChI is InChI=1S/C30H32O6/c1-2-18-31-27-26-25(21-34-29(36-26)24-16-10-5-11-17-24)35-30(33-20-23-14-8-4-9-15-23)28(27)32-19-22-12-6-3-7-13-22/h2-17,25-30H,1,18-21H2/t25-,26-,27+,28-,29?,30-/m1/s1. The van der Waals surface area contributed by atoms with Gasteiger partial charge in [-0.1, -0.05) is 97.1 Å². The number of fused-ring (bicyclic) bond motifs is 1. The summed E-state index contributed by atoms with van der Waals surface area (Å²) in [7, 11) is 0. The number of ether oxygens (including phenoxy) is 6. The van der Waals surface area contributed by atoms with Crippen LogP contribution in [0.2, 0.25) is 0 Å². The zero-order chi connectivity index (χ0) is 24.6. The van der Waals surface area contributed by atoms with E-state index in [0.717, 1.165) is 16.7 Å². The highest BCUT2D eigenvalue weighted by molar-refractivity contribution is 5.17. The topological polar surface area (TPSA) is 55.4 Å². The van der Waals surface area contributed by atoms with E-state index in [1.807, 2.05) is 91.0 Å². The van der Waals surface area contributed by atoms with Crippen LogP contribution in [0.1, 0.15) is 23.0 Å². The Kier molecular flexibility index (Phi) is 8.56. The molecule has 0 aromatic heterocycles. The fourth-order valence-electron chi connectivity index (χ4n) is 4.52. The van der Waals surface area contributed by atoms with Crippen LogP contribution in [0.4, 0.5) is 0 Å². The van der Waals surface area contributed by atoms with Crippen LogP contribution in [0.15, 0.2) is 104 Å². The summed E-state index contributed by atoms with van der Waals surface area (Å²) in [6.07, 6.45) is -1.18. The van der Waals surface area contributed by atoms with E-state index in [1.54, 1.807) is 6.08 Å². The summed E-state index contributed by atoms with van der Waals surface area (Å²) in [6.45, 7) is 5.32. The van der Waals surface area contributed by atoms with Crippen molar-refractivity contribution in [2.75, 3.05) is 13.2 Å². The van der Waals surface area contributed by atoms with Crippen molar-refractivity contribution in [2.45, 2.75) is 50.2 Å². The Labute approximate surface area is 212 Å². The van der Waals surface area contributed by atoms with Crippen molar-refractivity contribution in [1.29, 1.82) is 0 Å². The largest absolute Gasteiger partial charge is 0.368 e. The first-order valence-electron chi connectivity index (χ1n) is 12.3. The van der Waals surface area contributed by atoms with Gasteiger partial charge in [0.05, 0.1) is 26.4 Å². The monoisotopic (exact) mass is 488 g/mol. The highest BCUT2D eigenvalue weighted by atomic mass is 16.8. The van der Waals surface area contributed by atoms with Gasteiger partial charge in [0.25, 0.3) is 0 Å². The average Bonchev–Trinajstić information content (AvgIpc) is 2.95. The molecule has 0 N–H and O–H groups in total. The Morgan fingerprint density at radius 1 is 0.722 bits per heavy atom. The minimum absolute atomic E-state index is 0.352. The van der Waals surface area contributed by atoms with Gasteiger partial charge in [0.1, 0.15) is 24.4 Å². The van der Waals surface area contributed by atoms with E-state index in [0.29, 0.717) is 26.4 Å². The first kappa shape index (κ1) is 24.8. The third-order valence-electron chi connectivity index (χ3n) is 6.30. The smallest absolute Gasteiger partial charge is 0.187 e. The molecule has 0 saturated carbocycles. The molecular formula is C30H32O6. The second kappa shape index (κ2) is 12.4. The molecule has 2 aliphatic rings. The lowest BCUT2D eigenvalue weighted by atomic mass is 9.97. The maximum atomic E-state index is 6.44. The minimum atomic E-state index is -0.662. The van der Waals surface area contributed by atoms with Crippen LogP contribution in [-0.2, 0) is 41.6 Å². The molecule has 188 valence electrons. The molecule has 6 atom stereocenters. The molecule has 1 unspecified atom stereocenters. The van der Waals surface area contributed by atoms with E-state index in [-0.39, 0.29) is 6.10 Å². The summed E-state index contributed by atoms with van der Waals surface area (Å²) in [4.78, 5) is 0. The Balaban J connectivity index is 1.38. The predicted octanol–water partition coefficient (Wildman–Crippen LogP) is 5.20. The quantitative estimate of drug-likeness (QED) is 0.366. The molecule has 2 heterocycles. The Morgan fingerprint density at radius 3 is 1.97 bits per heavy atom. The van der Waals surface area contributed by atoms with E-state index < -0.39 is 30.9 Å². The summed E-state index contributed by atoms with van der Waals surface area (Å²) in [5, 5.41) is 0. The van der Waals surface area contributed by atoms with E-state index in [4.69, 9.17) is 28.4 Å². The molecule has 36 heavy (non-hydrogen) atoms. The van der Waals surface area contributed by atoms with Crippen LogP contribution in [-0.4, -0.2) is 43.9 Å². The van der Waals surface area contributed by atoms with Crippen LogP contribution in [0, 0.1) is 0 Å². The van der Waals surface area contributed by atoms with E-state index in [2.05, 4.69) is 6.58 Å². The molecule has 2 fully saturated rings. The van der Waals surface area contributed by atoms with Crippen molar-refractivity contribution in [3.8, 4) is 0 Å². The molecule has 3 aromatic carbocycles. The van der Waals surface area contributed by atoms with Crippen LogP contribution >= 0.6 is 0 Å². The first-order valence-corrected chi connectivity index (χ1v) is 12.3. The van der Waals surface area contributed by atoms with Crippen LogP contribution < -0.4 is 0 Å². The van der Waals surface area contributed by atoms with Crippen molar-refractivity contribution in [1.82, 2.24) is 0 Å². The van der Waals surface area contributed by atoms with Gasteiger partial charge in [-0.15, -0.1) is 6.58 Å². The molecule has 2 saturated heterocycles. The lowest BCUT2D eigenvalue weighted by molar-refractivity contribution is -0.372. The fraction of sp³-hybridized carbons (Fsp3) is 0.333. The van der Waals surface area contributed by atoms with E-state index in [1.165, 1.54) is 0 Å². The van der Waals surface area contributed by atoms with Crippen molar-refractivity contribution < 1.29 is 28.4 Å². The molecule has 2 aliphatic heterocycles. The van der Waals surface area contributed by atoms with Crippen molar-refractivity contribution >= 4 is 0 Å². The summed E-state index contributed by atoms with van der Waals surface area (Å²) in [5.41, 5.74) is 3.05. The van der Waals surface area contributed by atoms with Gasteiger partial charge in [0, 0.05) is 5.56 Å². The number of hydrogen-bond acceptors (Lipinski definition) is 6. The molecule has 3 aromatic rings. The zero-order valence-electron chi connectivity index (χ0n) is 20.2. The highest BCUT2D eigenvalue weighted by Crippen LogP contribution is 2.37. The fourth-order valence-corrected chi connectivity index (χ4v) is 4.52. The maximum absolute atomic E-state index is 6.44. The van der Waals surface area contributed by atoms with E-state index >= 15 is 0 Å². The molecule has 0 amide bonds. The van der Waals surface area contributed by atoms with Crippen LogP contribution in [0.25, 0.3) is 0 Å². The number of benzene rings is 3. The summed E-state index contributed by atoms with van der Waals surface area (Å²) in [5.74, 6) is 0. The molecule has 0 radical (unpaired) electrons. The molecule has 0 spiro atoms. The summed E-state index contributed by atoms with van der Waals surface area (Å²) in [6, 6.07) is 29.9. The third-order valence-corrected chi connectivity index (χ3v) is 6.30.